The Bertz CT molecular complexity index is 657. The zero-order valence-corrected chi connectivity index (χ0v) is 16.2. The summed E-state index contributed by atoms with van der Waals surface area (Å²) in [5.74, 6) is 1.41. The summed E-state index contributed by atoms with van der Waals surface area (Å²) in [6, 6.07) is 7.68. The minimum atomic E-state index is -0.554. The molecule has 0 unspecified atom stereocenters. The molecule has 1 aromatic heterocycles. The molecule has 0 aliphatic carbocycles. The van der Waals surface area contributed by atoms with Crippen LogP contribution in [0.15, 0.2) is 36.7 Å². The van der Waals surface area contributed by atoms with Gasteiger partial charge in [0.1, 0.15) is 5.75 Å². The Hall–Kier alpha value is -1.94. The van der Waals surface area contributed by atoms with Crippen LogP contribution in [0.2, 0.25) is 0 Å². The molecule has 0 spiro atoms. The predicted octanol–water partition coefficient (Wildman–Crippen LogP) is 6.04. The van der Waals surface area contributed by atoms with Crippen molar-refractivity contribution in [2.24, 2.45) is 0 Å². The molecule has 2 aromatic rings. The van der Waals surface area contributed by atoms with Crippen molar-refractivity contribution < 1.29 is 9.53 Å². The smallest absolute Gasteiger partial charge is 0.255 e. The fourth-order valence-corrected chi connectivity index (χ4v) is 2.80. The number of aromatic nitrogens is 2. The van der Waals surface area contributed by atoms with Crippen molar-refractivity contribution >= 4 is 16.8 Å². The normalized spacial score (nSPS) is 10.7. The first-order valence-corrected chi connectivity index (χ1v) is 9.83. The first-order chi connectivity index (χ1) is 12.7. The number of unbranched alkanes of at least 4 members (excludes halogenated alkanes) is 7. The quantitative estimate of drug-likeness (QED) is 0.335. The van der Waals surface area contributed by atoms with Crippen LogP contribution in [0.3, 0.4) is 0 Å². The molecule has 0 aliphatic heterocycles. The van der Waals surface area contributed by atoms with Gasteiger partial charge in [0.15, 0.2) is 5.82 Å². The van der Waals surface area contributed by atoms with E-state index in [0.717, 1.165) is 24.3 Å². The van der Waals surface area contributed by atoms with Gasteiger partial charge in [-0.2, -0.15) is 0 Å². The van der Waals surface area contributed by atoms with E-state index in [4.69, 9.17) is 16.3 Å². The molecule has 4 nitrogen and oxygen atoms in total. The fraction of sp³-hybridized carbons (Fsp3) is 0.476. The first-order valence-electron chi connectivity index (χ1n) is 9.46. The molecule has 0 atom stereocenters. The van der Waals surface area contributed by atoms with Crippen LogP contribution in [-0.2, 0) is 0 Å². The largest absolute Gasteiger partial charge is 0.494 e. The van der Waals surface area contributed by atoms with Gasteiger partial charge in [-0.3, -0.25) is 4.79 Å². The zero-order chi connectivity index (χ0) is 18.6. The van der Waals surface area contributed by atoms with Crippen molar-refractivity contribution in [2.45, 2.75) is 58.3 Å². The van der Waals surface area contributed by atoms with E-state index >= 15 is 0 Å². The van der Waals surface area contributed by atoms with Gasteiger partial charge >= 0.3 is 0 Å². The number of benzene rings is 1. The number of nitrogens with zero attached hydrogens (tertiary/aromatic N) is 2. The Morgan fingerprint density at radius 2 is 1.50 bits per heavy atom. The standard InChI is InChI=1S/C21H27ClN2O2/c1-2-3-4-5-6-7-8-9-14-26-19-12-10-17(11-13-19)21-23-15-18(16-24-21)20(22)25/h10-13,15-16H,2-9,14H2,1H3. The average molecular weight is 375 g/mol. The molecule has 0 N–H and O–H groups in total. The van der Waals surface area contributed by atoms with Crippen molar-refractivity contribution in [2.75, 3.05) is 6.61 Å². The number of hydrogen-bond donors (Lipinski definition) is 0. The zero-order valence-electron chi connectivity index (χ0n) is 15.4. The molecule has 0 bridgehead atoms. The maximum absolute atomic E-state index is 11.0. The highest BCUT2D eigenvalue weighted by Gasteiger charge is 2.05. The lowest BCUT2D eigenvalue weighted by Gasteiger charge is -2.07. The summed E-state index contributed by atoms with van der Waals surface area (Å²) in [7, 11) is 0. The molecule has 1 heterocycles. The lowest BCUT2D eigenvalue weighted by molar-refractivity contribution is 0.108. The Morgan fingerprint density at radius 3 is 2.08 bits per heavy atom. The van der Waals surface area contributed by atoms with E-state index in [1.54, 1.807) is 0 Å². The van der Waals surface area contributed by atoms with Crippen molar-refractivity contribution in [1.29, 1.82) is 0 Å². The van der Waals surface area contributed by atoms with E-state index in [9.17, 15) is 4.79 Å². The van der Waals surface area contributed by atoms with Crippen LogP contribution in [-0.4, -0.2) is 21.8 Å². The van der Waals surface area contributed by atoms with Crippen LogP contribution in [0.5, 0.6) is 5.75 Å². The third-order valence-electron chi connectivity index (χ3n) is 4.26. The van der Waals surface area contributed by atoms with E-state index in [-0.39, 0.29) is 0 Å². The molecule has 5 heteroatoms. The second kappa shape index (κ2) is 11.6. The highest BCUT2D eigenvalue weighted by Crippen LogP contribution is 2.20. The topological polar surface area (TPSA) is 52.1 Å². The summed E-state index contributed by atoms with van der Waals surface area (Å²) in [6.07, 6.45) is 13.2. The third-order valence-corrected chi connectivity index (χ3v) is 4.48. The van der Waals surface area contributed by atoms with E-state index in [1.807, 2.05) is 24.3 Å². The maximum Gasteiger partial charge on any atom is 0.255 e. The number of rotatable bonds is 12. The number of halogens is 1. The van der Waals surface area contributed by atoms with E-state index in [0.29, 0.717) is 11.4 Å². The van der Waals surface area contributed by atoms with Crippen LogP contribution < -0.4 is 4.74 Å². The summed E-state index contributed by atoms with van der Waals surface area (Å²) in [5, 5.41) is -0.554. The average Bonchev–Trinajstić information content (AvgIpc) is 2.67. The number of ether oxygens (including phenoxy) is 1. The van der Waals surface area contributed by atoms with E-state index in [2.05, 4.69) is 16.9 Å². The van der Waals surface area contributed by atoms with Crippen LogP contribution in [0.25, 0.3) is 11.4 Å². The molecular weight excluding hydrogens is 348 g/mol. The van der Waals surface area contributed by atoms with E-state index < -0.39 is 5.24 Å². The maximum atomic E-state index is 11.0. The molecule has 140 valence electrons. The Morgan fingerprint density at radius 1 is 0.923 bits per heavy atom. The van der Waals surface area contributed by atoms with Crippen LogP contribution in [0.4, 0.5) is 0 Å². The third kappa shape index (κ3) is 7.12. The predicted molar refractivity (Wildman–Crippen MR) is 106 cm³/mol. The fourth-order valence-electron chi connectivity index (χ4n) is 2.70. The van der Waals surface area contributed by atoms with Gasteiger partial charge in [-0.05, 0) is 42.3 Å². The molecule has 0 saturated carbocycles. The lowest BCUT2D eigenvalue weighted by Crippen LogP contribution is -1.98. The summed E-state index contributed by atoms with van der Waals surface area (Å²) in [4.78, 5) is 19.4. The minimum absolute atomic E-state index is 0.292. The van der Waals surface area contributed by atoms with Crippen molar-refractivity contribution in [3.8, 4) is 17.1 Å². The molecule has 0 radical (unpaired) electrons. The lowest BCUT2D eigenvalue weighted by atomic mass is 10.1. The second-order valence-electron chi connectivity index (χ2n) is 6.42. The molecular formula is C21H27ClN2O2. The minimum Gasteiger partial charge on any atom is -0.494 e. The van der Waals surface area contributed by atoms with Gasteiger partial charge in [0.2, 0.25) is 0 Å². The van der Waals surface area contributed by atoms with Crippen molar-refractivity contribution in [1.82, 2.24) is 9.97 Å². The molecule has 0 amide bonds. The summed E-state index contributed by atoms with van der Waals surface area (Å²) >= 11 is 5.40. The second-order valence-corrected chi connectivity index (χ2v) is 6.76. The van der Waals surface area contributed by atoms with Crippen molar-refractivity contribution in [3.63, 3.8) is 0 Å². The Balaban J connectivity index is 1.68. The number of hydrogen-bond acceptors (Lipinski definition) is 4. The highest BCUT2D eigenvalue weighted by molar-refractivity contribution is 6.67. The molecule has 1 aromatic carbocycles. The van der Waals surface area contributed by atoms with Crippen LogP contribution >= 0.6 is 11.6 Å². The van der Waals surface area contributed by atoms with Crippen LogP contribution in [0.1, 0.15) is 68.6 Å². The van der Waals surface area contributed by atoms with Gasteiger partial charge in [0, 0.05) is 18.0 Å². The number of carbonyl (C=O) groups is 1. The van der Waals surface area contributed by atoms with Gasteiger partial charge in [-0.1, -0.05) is 51.9 Å². The van der Waals surface area contributed by atoms with Gasteiger partial charge in [-0.25, -0.2) is 9.97 Å². The van der Waals surface area contributed by atoms with Crippen LogP contribution in [0, 0.1) is 0 Å². The molecule has 2 rings (SSSR count). The SMILES string of the molecule is CCCCCCCCCCOc1ccc(-c2ncc(C(=O)Cl)cn2)cc1. The molecule has 26 heavy (non-hydrogen) atoms. The monoisotopic (exact) mass is 374 g/mol. The molecule has 0 saturated heterocycles. The summed E-state index contributed by atoms with van der Waals surface area (Å²) < 4.78 is 5.79. The Labute approximate surface area is 161 Å². The highest BCUT2D eigenvalue weighted by atomic mass is 35.5. The van der Waals surface area contributed by atoms with E-state index in [1.165, 1.54) is 57.3 Å². The summed E-state index contributed by atoms with van der Waals surface area (Å²) in [6.45, 7) is 2.99. The molecule has 0 aliphatic rings. The van der Waals surface area contributed by atoms with Crippen molar-refractivity contribution in [3.05, 3.63) is 42.2 Å². The Kier molecular flexibility index (Phi) is 9.11. The summed E-state index contributed by atoms with van der Waals surface area (Å²) in [5.41, 5.74) is 1.17. The van der Waals surface area contributed by atoms with Gasteiger partial charge < -0.3 is 4.74 Å². The van der Waals surface area contributed by atoms with Gasteiger partial charge in [0.05, 0.1) is 12.2 Å². The first kappa shape index (κ1) is 20.4. The van der Waals surface area contributed by atoms with Gasteiger partial charge in [-0.15, -0.1) is 0 Å². The number of carbonyl (C=O) groups excluding carboxylic acids is 1. The van der Waals surface area contributed by atoms with Gasteiger partial charge in [0.25, 0.3) is 5.24 Å². The molecule has 0 fully saturated rings.